The molecule has 1 rings (SSSR count). The van der Waals surface area contributed by atoms with Gasteiger partial charge in [-0.15, -0.1) is 0 Å². The highest BCUT2D eigenvalue weighted by molar-refractivity contribution is 5.75. The molecule has 0 aromatic carbocycles. The van der Waals surface area contributed by atoms with Crippen LogP contribution in [0.25, 0.3) is 0 Å². The van der Waals surface area contributed by atoms with Crippen LogP contribution in [-0.2, 0) is 4.79 Å². The number of amides is 2. The molecule has 0 aromatic rings. The first-order chi connectivity index (χ1) is 9.67. The summed E-state index contributed by atoms with van der Waals surface area (Å²) in [5, 5.41) is 14.6. The second-order valence-corrected chi connectivity index (χ2v) is 7.19. The van der Waals surface area contributed by atoms with Gasteiger partial charge in [0.1, 0.15) is 0 Å². The Bertz CT molecular complexity index is 366. The summed E-state index contributed by atoms with van der Waals surface area (Å²) in [5.74, 6) is -0.889. The fraction of sp³-hybridized carbons (Fsp3) is 0.867. The number of likely N-dealkylation sites (tertiary alicyclic amines) is 1. The Labute approximate surface area is 127 Å². The van der Waals surface area contributed by atoms with Gasteiger partial charge in [0.15, 0.2) is 0 Å². The standard InChI is InChI=1S/C15H29N3O3/c1-15(2,3)9-11(8-13(19)20)17-14(21)16-10-12-6-5-7-18(12)4/h11-12H,5-10H2,1-4H3,(H,19,20)(H2,16,17,21). The van der Waals surface area contributed by atoms with E-state index in [0.29, 0.717) is 19.0 Å². The monoisotopic (exact) mass is 299 g/mol. The Kier molecular flexibility index (Phi) is 6.45. The average molecular weight is 299 g/mol. The van der Waals surface area contributed by atoms with Crippen molar-refractivity contribution in [2.75, 3.05) is 20.1 Å². The third-order valence-electron chi connectivity index (χ3n) is 3.78. The maximum atomic E-state index is 12.0. The summed E-state index contributed by atoms with van der Waals surface area (Å²) >= 11 is 0. The molecule has 2 atom stereocenters. The van der Waals surface area contributed by atoms with Crippen LogP contribution in [0.5, 0.6) is 0 Å². The number of rotatable bonds is 6. The minimum absolute atomic E-state index is 0.0287. The molecule has 1 fully saturated rings. The van der Waals surface area contributed by atoms with Crippen LogP contribution in [0.4, 0.5) is 4.79 Å². The molecule has 1 aliphatic heterocycles. The van der Waals surface area contributed by atoms with Crippen LogP contribution >= 0.6 is 0 Å². The molecule has 0 spiro atoms. The van der Waals surface area contributed by atoms with Gasteiger partial charge in [0, 0.05) is 18.6 Å². The van der Waals surface area contributed by atoms with E-state index < -0.39 is 5.97 Å². The van der Waals surface area contributed by atoms with E-state index in [-0.39, 0.29) is 23.9 Å². The molecule has 0 radical (unpaired) electrons. The molecule has 6 nitrogen and oxygen atoms in total. The minimum atomic E-state index is -0.889. The van der Waals surface area contributed by atoms with Crippen LogP contribution in [0.2, 0.25) is 0 Å². The summed E-state index contributed by atoms with van der Waals surface area (Å²) in [6.07, 6.45) is 2.84. The van der Waals surface area contributed by atoms with Crippen molar-refractivity contribution < 1.29 is 14.7 Å². The predicted molar refractivity (Wildman–Crippen MR) is 82.3 cm³/mol. The lowest BCUT2D eigenvalue weighted by Crippen LogP contribution is -2.47. The SMILES string of the molecule is CN1CCCC1CNC(=O)NC(CC(=O)O)CC(C)(C)C. The van der Waals surface area contributed by atoms with Gasteiger partial charge in [-0.05, 0) is 38.3 Å². The van der Waals surface area contributed by atoms with Gasteiger partial charge in [-0.2, -0.15) is 0 Å². The van der Waals surface area contributed by atoms with Crippen molar-refractivity contribution in [1.82, 2.24) is 15.5 Å². The van der Waals surface area contributed by atoms with Crippen molar-refractivity contribution in [2.24, 2.45) is 5.41 Å². The third kappa shape index (κ3) is 7.32. The second kappa shape index (κ2) is 7.64. The number of likely N-dealkylation sites (N-methyl/N-ethyl adjacent to an activating group) is 1. The maximum absolute atomic E-state index is 12.0. The summed E-state index contributed by atoms with van der Waals surface area (Å²) in [6.45, 7) is 7.79. The van der Waals surface area contributed by atoms with E-state index in [1.165, 1.54) is 0 Å². The van der Waals surface area contributed by atoms with Crippen molar-refractivity contribution >= 4 is 12.0 Å². The smallest absolute Gasteiger partial charge is 0.315 e. The molecule has 1 saturated heterocycles. The zero-order valence-corrected chi connectivity index (χ0v) is 13.6. The molecule has 0 saturated carbocycles. The van der Waals surface area contributed by atoms with Crippen molar-refractivity contribution in [3.8, 4) is 0 Å². The number of aliphatic carboxylic acids is 1. The molecule has 122 valence electrons. The number of hydrogen-bond acceptors (Lipinski definition) is 3. The molecule has 0 aromatic heterocycles. The van der Waals surface area contributed by atoms with Crippen LogP contribution in [0.3, 0.4) is 0 Å². The van der Waals surface area contributed by atoms with Gasteiger partial charge in [0.25, 0.3) is 0 Å². The van der Waals surface area contributed by atoms with Gasteiger partial charge in [0.05, 0.1) is 6.42 Å². The van der Waals surface area contributed by atoms with E-state index in [4.69, 9.17) is 5.11 Å². The molecule has 2 unspecified atom stereocenters. The molecule has 0 bridgehead atoms. The lowest BCUT2D eigenvalue weighted by atomic mass is 9.87. The van der Waals surface area contributed by atoms with Crippen molar-refractivity contribution in [3.63, 3.8) is 0 Å². The summed E-state index contributed by atoms with van der Waals surface area (Å²) in [7, 11) is 2.06. The highest BCUT2D eigenvalue weighted by Crippen LogP contribution is 2.22. The quantitative estimate of drug-likeness (QED) is 0.696. The maximum Gasteiger partial charge on any atom is 0.315 e. The largest absolute Gasteiger partial charge is 0.481 e. The Hall–Kier alpha value is -1.30. The second-order valence-electron chi connectivity index (χ2n) is 7.19. The highest BCUT2D eigenvalue weighted by Gasteiger charge is 2.24. The molecule has 1 heterocycles. The summed E-state index contributed by atoms with van der Waals surface area (Å²) in [6, 6.07) is -0.231. The summed E-state index contributed by atoms with van der Waals surface area (Å²) in [5.41, 5.74) is -0.0287. The number of carbonyl (C=O) groups excluding carboxylic acids is 1. The number of hydrogen-bond donors (Lipinski definition) is 3. The lowest BCUT2D eigenvalue weighted by Gasteiger charge is -2.26. The van der Waals surface area contributed by atoms with Crippen LogP contribution in [0.1, 0.15) is 46.5 Å². The molecule has 6 heteroatoms. The van der Waals surface area contributed by atoms with Crippen LogP contribution < -0.4 is 10.6 Å². The van der Waals surface area contributed by atoms with Crippen molar-refractivity contribution in [1.29, 1.82) is 0 Å². The summed E-state index contributed by atoms with van der Waals surface area (Å²) < 4.78 is 0. The fourth-order valence-electron chi connectivity index (χ4n) is 2.81. The van der Waals surface area contributed by atoms with E-state index in [2.05, 4.69) is 22.6 Å². The number of carboxylic acid groups (broad SMARTS) is 1. The van der Waals surface area contributed by atoms with Gasteiger partial charge < -0.3 is 20.6 Å². The number of carbonyl (C=O) groups is 2. The molecular formula is C15H29N3O3. The Morgan fingerprint density at radius 3 is 2.52 bits per heavy atom. The predicted octanol–water partition coefficient (Wildman–Crippen LogP) is 1.66. The number of carboxylic acids is 1. The Balaban J connectivity index is 2.41. The molecule has 1 aliphatic rings. The van der Waals surface area contributed by atoms with Crippen LogP contribution in [0, 0.1) is 5.41 Å². The molecule has 2 amide bonds. The zero-order valence-electron chi connectivity index (χ0n) is 13.6. The van der Waals surface area contributed by atoms with E-state index in [9.17, 15) is 9.59 Å². The van der Waals surface area contributed by atoms with Gasteiger partial charge in [0.2, 0.25) is 0 Å². The zero-order chi connectivity index (χ0) is 16.0. The average Bonchev–Trinajstić information content (AvgIpc) is 2.69. The highest BCUT2D eigenvalue weighted by atomic mass is 16.4. The van der Waals surface area contributed by atoms with E-state index in [1.54, 1.807) is 0 Å². The molecule has 0 aliphatic carbocycles. The lowest BCUT2D eigenvalue weighted by molar-refractivity contribution is -0.137. The molecular weight excluding hydrogens is 270 g/mol. The Morgan fingerprint density at radius 2 is 2.05 bits per heavy atom. The number of urea groups is 1. The number of nitrogens with zero attached hydrogens (tertiary/aromatic N) is 1. The van der Waals surface area contributed by atoms with Gasteiger partial charge in [-0.25, -0.2) is 4.79 Å². The molecule has 3 N–H and O–H groups in total. The van der Waals surface area contributed by atoms with Gasteiger partial charge in [-0.3, -0.25) is 4.79 Å². The first-order valence-corrected chi connectivity index (χ1v) is 7.64. The topological polar surface area (TPSA) is 81.7 Å². The van der Waals surface area contributed by atoms with Gasteiger partial charge >= 0.3 is 12.0 Å². The van der Waals surface area contributed by atoms with E-state index in [1.807, 2.05) is 20.8 Å². The van der Waals surface area contributed by atoms with E-state index in [0.717, 1.165) is 19.4 Å². The Morgan fingerprint density at radius 1 is 1.38 bits per heavy atom. The van der Waals surface area contributed by atoms with Crippen LogP contribution in [-0.4, -0.2) is 54.2 Å². The van der Waals surface area contributed by atoms with E-state index >= 15 is 0 Å². The normalized spacial score (nSPS) is 21.0. The fourth-order valence-corrected chi connectivity index (χ4v) is 2.81. The van der Waals surface area contributed by atoms with Crippen molar-refractivity contribution in [2.45, 2.75) is 58.5 Å². The van der Waals surface area contributed by atoms with Crippen molar-refractivity contribution in [3.05, 3.63) is 0 Å². The minimum Gasteiger partial charge on any atom is -0.481 e. The van der Waals surface area contributed by atoms with Gasteiger partial charge in [-0.1, -0.05) is 20.8 Å². The van der Waals surface area contributed by atoms with Crippen LogP contribution in [0.15, 0.2) is 0 Å². The molecule has 21 heavy (non-hydrogen) atoms. The number of nitrogens with one attached hydrogen (secondary N) is 2. The first kappa shape index (κ1) is 17.8. The summed E-state index contributed by atoms with van der Waals surface area (Å²) in [4.78, 5) is 25.1. The third-order valence-corrected chi connectivity index (χ3v) is 3.78. The first-order valence-electron chi connectivity index (χ1n) is 7.64.